The molecule has 218 valence electrons. The second-order valence-corrected chi connectivity index (χ2v) is 12.1. The predicted molar refractivity (Wildman–Crippen MR) is 190 cm³/mol. The van der Waals surface area contributed by atoms with Crippen molar-refractivity contribution in [3.63, 3.8) is 0 Å². The van der Waals surface area contributed by atoms with Gasteiger partial charge in [0.1, 0.15) is 22.3 Å². The fourth-order valence-corrected chi connectivity index (χ4v) is 6.87. The Morgan fingerprint density at radius 2 is 1.07 bits per heavy atom. The zero-order valence-electron chi connectivity index (χ0n) is 24.4. The van der Waals surface area contributed by atoms with E-state index in [0.29, 0.717) is 0 Å². The van der Waals surface area contributed by atoms with Crippen LogP contribution in [-0.2, 0) is 0 Å². The second kappa shape index (κ2) is 10.7. The van der Waals surface area contributed by atoms with Crippen LogP contribution < -0.4 is 4.90 Å². The van der Waals surface area contributed by atoms with E-state index in [9.17, 15) is 0 Å². The molecule has 0 saturated heterocycles. The summed E-state index contributed by atoms with van der Waals surface area (Å²) >= 11 is 3.85. The van der Waals surface area contributed by atoms with Gasteiger partial charge in [-0.1, -0.05) is 48.5 Å². The molecule has 0 aliphatic carbocycles. The minimum atomic E-state index is 0.817. The molecule has 4 aromatic heterocycles. The molecule has 0 spiro atoms. The van der Waals surface area contributed by atoms with Crippen LogP contribution in [-0.4, -0.2) is 9.97 Å². The van der Waals surface area contributed by atoms with E-state index < -0.39 is 0 Å². The summed E-state index contributed by atoms with van der Waals surface area (Å²) in [6.07, 6.45) is 7.40. The zero-order valence-corrected chi connectivity index (χ0v) is 26.0. The Kier molecular flexibility index (Phi) is 6.21. The molecule has 4 heterocycles. The van der Waals surface area contributed by atoms with Crippen LogP contribution >= 0.6 is 15.9 Å². The van der Waals surface area contributed by atoms with E-state index in [1.165, 1.54) is 0 Å². The van der Waals surface area contributed by atoms with Gasteiger partial charge in [0.25, 0.3) is 0 Å². The average molecular weight is 659 g/mol. The first-order valence-electron chi connectivity index (χ1n) is 15.0. The number of nitrogens with zero attached hydrogens (tertiary/aromatic N) is 3. The molecule has 0 radical (unpaired) electrons. The molecule has 46 heavy (non-hydrogen) atoms. The predicted octanol–water partition coefficient (Wildman–Crippen LogP) is 11.8. The maximum absolute atomic E-state index is 6.37. The van der Waals surface area contributed by atoms with Crippen LogP contribution in [0.1, 0.15) is 0 Å². The minimum absolute atomic E-state index is 0.817. The lowest BCUT2D eigenvalue weighted by molar-refractivity contribution is 0.666. The van der Waals surface area contributed by atoms with Crippen LogP contribution in [0.15, 0.2) is 159 Å². The molecule has 0 bridgehead atoms. The molecule has 6 heteroatoms. The highest BCUT2D eigenvalue weighted by Gasteiger charge is 2.21. The highest BCUT2D eigenvalue weighted by Crippen LogP contribution is 2.45. The van der Waals surface area contributed by atoms with E-state index in [2.05, 4.69) is 104 Å². The number of para-hydroxylation sites is 2. The molecule has 0 aliphatic rings. The number of anilines is 3. The maximum Gasteiger partial charge on any atom is 0.149 e. The fourth-order valence-electron chi connectivity index (χ4n) is 6.34. The molecule has 0 amide bonds. The number of halogens is 1. The van der Waals surface area contributed by atoms with Gasteiger partial charge in [-0.05, 0) is 93.8 Å². The molecule has 9 rings (SSSR count). The summed E-state index contributed by atoms with van der Waals surface area (Å²) in [6.45, 7) is 0. The Morgan fingerprint density at radius 3 is 1.74 bits per heavy atom. The molecule has 0 unspecified atom stereocenters. The second-order valence-electron chi connectivity index (χ2n) is 11.3. The minimum Gasteiger partial charge on any atom is -0.456 e. The number of hydrogen-bond acceptors (Lipinski definition) is 5. The summed E-state index contributed by atoms with van der Waals surface area (Å²) < 4.78 is 13.5. The Morgan fingerprint density at radius 1 is 0.457 bits per heavy atom. The standard InChI is InChI=1S/C40H24BrN3O2/c41-36-21-31(20-35-33-10-2-4-12-38(33)46-40(35)36)44(29-13-14-34-32-9-1-3-11-37(32)45-39(34)22-29)30-18-27(25-7-5-15-42-23-25)17-28(19-30)26-8-6-16-43-24-26/h1-24H. The van der Waals surface area contributed by atoms with Gasteiger partial charge in [0.05, 0.1) is 4.47 Å². The molecule has 5 aromatic carbocycles. The summed E-state index contributed by atoms with van der Waals surface area (Å²) in [5.74, 6) is 0. The SMILES string of the molecule is Brc1cc(N(c2cc(-c3cccnc3)cc(-c3cccnc3)c2)c2ccc3c(c2)oc2ccccc23)cc2c1oc1ccccc12. The van der Waals surface area contributed by atoms with Crippen LogP contribution in [0.25, 0.3) is 66.1 Å². The lowest BCUT2D eigenvalue weighted by Gasteiger charge is -2.27. The summed E-state index contributed by atoms with van der Waals surface area (Å²) in [6, 6.07) is 41.8. The molecular weight excluding hydrogens is 634 g/mol. The van der Waals surface area contributed by atoms with Crippen LogP contribution in [0.4, 0.5) is 17.1 Å². The highest BCUT2D eigenvalue weighted by molar-refractivity contribution is 9.10. The van der Waals surface area contributed by atoms with E-state index in [1.807, 2.05) is 60.9 Å². The Labute approximate surface area is 272 Å². The Hall–Kier alpha value is -5.72. The normalized spacial score (nSPS) is 11.6. The van der Waals surface area contributed by atoms with Gasteiger partial charge in [-0.15, -0.1) is 0 Å². The molecule has 0 fully saturated rings. The molecule has 0 N–H and O–H groups in total. The van der Waals surface area contributed by atoms with Gasteiger partial charge in [-0.3, -0.25) is 9.97 Å². The lowest BCUT2D eigenvalue weighted by atomic mass is 9.98. The largest absolute Gasteiger partial charge is 0.456 e. The number of rotatable bonds is 5. The van der Waals surface area contributed by atoms with Crippen LogP contribution in [0.2, 0.25) is 0 Å². The summed E-state index contributed by atoms with van der Waals surface area (Å²) in [7, 11) is 0. The van der Waals surface area contributed by atoms with Crippen molar-refractivity contribution in [2.75, 3.05) is 4.90 Å². The van der Waals surface area contributed by atoms with E-state index in [1.54, 1.807) is 12.4 Å². The Bertz CT molecular complexity index is 2500. The monoisotopic (exact) mass is 657 g/mol. The molecule has 5 nitrogen and oxygen atoms in total. The van der Waals surface area contributed by atoms with Crippen LogP contribution in [0, 0.1) is 0 Å². The van der Waals surface area contributed by atoms with Crippen LogP contribution in [0.5, 0.6) is 0 Å². The molecule has 9 aromatic rings. The summed E-state index contributed by atoms with van der Waals surface area (Å²) in [5.41, 5.74) is 10.4. The van der Waals surface area contributed by atoms with Crippen molar-refractivity contribution in [1.82, 2.24) is 9.97 Å². The number of furan rings is 2. The molecule has 0 atom stereocenters. The maximum atomic E-state index is 6.37. The van der Waals surface area contributed by atoms with Crippen molar-refractivity contribution in [2.45, 2.75) is 0 Å². The third-order valence-electron chi connectivity index (χ3n) is 8.46. The highest BCUT2D eigenvalue weighted by atomic mass is 79.9. The van der Waals surface area contributed by atoms with Crippen molar-refractivity contribution < 1.29 is 8.83 Å². The third kappa shape index (κ3) is 4.45. The quantitative estimate of drug-likeness (QED) is 0.184. The third-order valence-corrected chi connectivity index (χ3v) is 9.05. The number of fused-ring (bicyclic) bond motifs is 6. The number of hydrogen-bond donors (Lipinski definition) is 0. The Balaban J connectivity index is 1.33. The van der Waals surface area contributed by atoms with Gasteiger partial charge < -0.3 is 13.7 Å². The van der Waals surface area contributed by atoms with Crippen molar-refractivity contribution in [2.24, 2.45) is 0 Å². The van der Waals surface area contributed by atoms with Gasteiger partial charge in [0.2, 0.25) is 0 Å². The van der Waals surface area contributed by atoms with Gasteiger partial charge >= 0.3 is 0 Å². The van der Waals surface area contributed by atoms with E-state index in [-0.39, 0.29) is 0 Å². The number of benzene rings is 5. The first-order valence-corrected chi connectivity index (χ1v) is 15.8. The topological polar surface area (TPSA) is 55.3 Å². The van der Waals surface area contributed by atoms with Gasteiger partial charge in [0.15, 0.2) is 0 Å². The lowest BCUT2D eigenvalue weighted by Crippen LogP contribution is -2.10. The first kappa shape index (κ1) is 26.7. The summed E-state index contributed by atoms with van der Waals surface area (Å²) in [4.78, 5) is 11.1. The van der Waals surface area contributed by atoms with E-state index in [0.717, 1.165) is 87.7 Å². The molecule has 0 saturated carbocycles. The number of aromatic nitrogens is 2. The van der Waals surface area contributed by atoms with E-state index >= 15 is 0 Å². The van der Waals surface area contributed by atoms with Gasteiger partial charge in [-0.2, -0.15) is 0 Å². The smallest absolute Gasteiger partial charge is 0.149 e. The molecule has 0 aliphatic heterocycles. The van der Waals surface area contributed by atoms with Crippen LogP contribution in [0.3, 0.4) is 0 Å². The van der Waals surface area contributed by atoms with Gasteiger partial charge in [0, 0.05) is 80.6 Å². The first-order chi connectivity index (χ1) is 22.7. The van der Waals surface area contributed by atoms with Crippen molar-refractivity contribution in [1.29, 1.82) is 0 Å². The van der Waals surface area contributed by atoms with E-state index in [4.69, 9.17) is 8.83 Å². The van der Waals surface area contributed by atoms with Gasteiger partial charge in [-0.25, -0.2) is 0 Å². The van der Waals surface area contributed by atoms with Crippen molar-refractivity contribution in [3.05, 3.63) is 151 Å². The van der Waals surface area contributed by atoms with Crippen molar-refractivity contribution >= 4 is 76.9 Å². The zero-order chi connectivity index (χ0) is 30.6. The molecular formula is C40H24BrN3O2. The number of pyridine rings is 2. The summed E-state index contributed by atoms with van der Waals surface area (Å²) in [5, 5.41) is 4.28. The average Bonchev–Trinajstić information content (AvgIpc) is 3.68. The fraction of sp³-hybridized carbons (Fsp3) is 0. The van der Waals surface area contributed by atoms with Crippen molar-refractivity contribution in [3.8, 4) is 22.3 Å².